The molecule has 2 heterocycles. The molecule has 1 atom stereocenters. The van der Waals surface area contributed by atoms with Gasteiger partial charge in [0.05, 0.1) is 6.61 Å². The lowest BCUT2D eigenvalue weighted by atomic mass is 10.1. The quantitative estimate of drug-likeness (QED) is 0.835. The van der Waals surface area contributed by atoms with E-state index in [1.54, 1.807) is 18.3 Å². The van der Waals surface area contributed by atoms with Gasteiger partial charge in [-0.1, -0.05) is 12.1 Å². The third kappa shape index (κ3) is 3.88. The van der Waals surface area contributed by atoms with Crippen LogP contribution in [0.15, 0.2) is 36.5 Å². The number of aromatic nitrogens is 1. The number of carbonyl (C=O) groups excluding carboxylic acids is 2. The number of cyclic esters (lactones) is 1. The Labute approximate surface area is 145 Å². The zero-order valence-corrected chi connectivity index (χ0v) is 14.0. The van der Waals surface area contributed by atoms with E-state index in [-0.39, 0.29) is 5.88 Å². The number of aryl methyl sites for hydroxylation is 1. The molecule has 1 aliphatic rings. The first-order valence-electron chi connectivity index (χ1n) is 7.98. The van der Waals surface area contributed by atoms with Gasteiger partial charge in [0.15, 0.2) is 0 Å². The summed E-state index contributed by atoms with van der Waals surface area (Å²) in [6.07, 6.45) is 2.04. The van der Waals surface area contributed by atoms with Crippen molar-refractivity contribution in [3.8, 4) is 11.6 Å². The fourth-order valence-electron chi connectivity index (χ4n) is 2.45. The van der Waals surface area contributed by atoms with Gasteiger partial charge in [0.1, 0.15) is 17.5 Å². The molecule has 1 aromatic carbocycles. The van der Waals surface area contributed by atoms with Crippen molar-refractivity contribution in [3.05, 3.63) is 47.7 Å². The van der Waals surface area contributed by atoms with E-state index >= 15 is 0 Å². The van der Waals surface area contributed by atoms with E-state index in [4.69, 9.17) is 9.47 Å². The smallest absolute Gasteiger partial charge is 0.328 e. The fraction of sp³-hybridized carbons (Fsp3) is 0.278. The molecule has 1 aromatic heterocycles. The van der Waals surface area contributed by atoms with Gasteiger partial charge >= 0.3 is 12.0 Å². The molecule has 25 heavy (non-hydrogen) atoms. The predicted octanol–water partition coefficient (Wildman–Crippen LogP) is 2.93. The highest BCUT2D eigenvalue weighted by atomic mass is 16.5. The molecule has 1 aliphatic heterocycles. The molecule has 1 saturated heterocycles. The first-order valence-corrected chi connectivity index (χ1v) is 7.98. The van der Waals surface area contributed by atoms with Gasteiger partial charge in [0, 0.05) is 12.6 Å². The number of carbonyl (C=O) groups is 2. The average molecular weight is 341 g/mol. The highest BCUT2D eigenvalue weighted by Gasteiger charge is 2.28. The van der Waals surface area contributed by atoms with Crippen LogP contribution in [0.1, 0.15) is 17.5 Å². The predicted molar refractivity (Wildman–Crippen MR) is 91.7 cm³/mol. The molecule has 0 radical (unpaired) electrons. The van der Waals surface area contributed by atoms with E-state index in [0.29, 0.717) is 24.5 Å². The molecule has 0 spiro atoms. The maximum Gasteiger partial charge on any atom is 0.328 e. The second-order valence-corrected chi connectivity index (χ2v) is 5.76. The minimum atomic E-state index is -0.625. The molecule has 2 aromatic rings. The van der Waals surface area contributed by atoms with Crippen LogP contribution in [0.25, 0.3) is 0 Å². The maximum atomic E-state index is 12.1. The van der Waals surface area contributed by atoms with E-state index < -0.39 is 18.0 Å². The number of anilines is 1. The Morgan fingerprint density at radius 1 is 1.28 bits per heavy atom. The van der Waals surface area contributed by atoms with Gasteiger partial charge < -0.3 is 20.1 Å². The molecule has 0 saturated carbocycles. The number of nitrogens with one attached hydrogen (secondary N) is 2. The largest absolute Gasteiger partial charge is 0.464 e. The lowest BCUT2D eigenvalue weighted by Gasteiger charge is -2.14. The minimum absolute atomic E-state index is 0.278. The molecule has 0 bridgehead atoms. The van der Waals surface area contributed by atoms with E-state index in [2.05, 4.69) is 15.6 Å². The number of hydrogen-bond donors (Lipinski definition) is 2. The van der Waals surface area contributed by atoms with Gasteiger partial charge in [-0.25, -0.2) is 14.6 Å². The Bertz CT molecular complexity index is 807. The summed E-state index contributed by atoms with van der Waals surface area (Å²) in [6.45, 7) is 4.27. The Hall–Kier alpha value is -3.09. The summed E-state index contributed by atoms with van der Waals surface area (Å²) in [7, 11) is 0. The number of esters is 1. The molecule has 2 amide bonds. The summed E-state index contributed by atoms with van der Waals surface area (Å²) in [5, 5.41) is 5.25. The first-order chi connectivity index (χ1) is 12.0. The number of urea groups is 1. The zero-order chi connectivity index (χ0) is 17.8. The second kappa shape index (κ2) is 7.21. The summed E-state index contributed by atoms with van der Waals surface area (Å²) in [5.41, 5.74) is 2.50. The van der Waals surface area contributed by atoms with Crippen LogP contribution in [-0.2, 0) is 9.53 Å². The van der Waals surface area contributed by atoms with Gasteiger partial charge in [-0.15, -0.1) is 0 Å². The number of rotatable bonds is 4. The normalized spacial score (nSPS) is 16.2. The summed E-state index contributed by atoms with van der Waals surface area (Å²) in [4.78, 5) is 27.8. The Balaban J connectivity index is 1.73. The summed E-state index contributed by atoms with van der Waals surface area (Å²) >= 11 is 0. The van der Waals surface area contributed by atoms with Crippen molar-refractivity contribution >= 4 is 17.7 Å². The van der Waals surface area contributed by atoms with Crippen molar-refractivity contribution in [1.29, 1.82) is 0 Å². The summed E-state index contributed by atoms with van der Waals surface area (Å²) in [6, 6.07) is 7.97. The Morgan fingerprint density at radius 3 is 2.88 bits per heavy atom. The van der Waals surface area contributed by atoms with Crippen LogP contribution in [-0.4, -0.2) is 29.6 Å². The van der Waals surface area contributed by atoms with Crippen LogP contribution in [0.2, 0.25) is 0 Å². The molecule has 0 unspecified atom stereocenters. The highest BCUT2D eigenvalue weighted by Crippen LogP contribution is 2.30. The molecule has 2 N–H and O–H groups in total. The monoisotopic (exact) mass is 341 g/mol. The number of pyridine rings is 1. The number of ether oxygens (including phenoxy) is 2. The van der Waals surface area contributed by atoms with Crippen molar-refractivity contribution in [2.75, 3.05) is 11.9 Å². The van der Waals surface area contributed by atoms with E-state index in [1.807, 2.05) is 32.0 Å². The third-order valence-electron chi connectivity index (χ3n) is 4.02. The lowest BCUT2D eigenvalue weighted by molar-refractivity contribution is -0.139. The molecule has 1 fully saturated rings. The van der Waals surface area contributed by atoms with Crippen molar-refractivity contribution in [1.82, 2.24) is 10.3 Å². The van der Waals surface area contributed by atoms with Gasteiger partial charge in [-0.05, 0) is 43.2 Å². The van der Waals surface area contributed by atoms with Crippen LogP contribution in [0, 0.1) is 13.8 Å². The van der Waals surface area contributed by atoms with E-state index in [1.165, 1.54) is 0 Å². The maximum absolute atomic E-state index is 12.1. The number of nitrogens with zero attached hydrogens (tertiary/aromatic N) is 1. The minimum Gasteiger partial charge on any atom is -0.464 e. The van der Waals surface area contributed by atoms with Gasteiger partial charge in [-0.2, -0.15) is 0 Å². The van der Waals surface area contributed by atoms with Crippen molar-refractivity contribution in [3.63, 3.8) is 0 Å². The summed E-state index contributed by atoms with van der Waals surface area (Å²) < 4.78 is 10.7. The molecule has 7 heteroatoms. The molecule has 3 rings (SSSR count). The number of benzene rings is 1. The Kier molecular flexibility index (Phi) is 4.83. The lowest BCUT2D eigenvalue weighted by Crippen LogP contribution is -2.40. The average Bonchev–Trinajstić information content (AvgIpc) is 2.98. The van der Waals surface area contributed by atoms with E-state index in [0.717, 1.165) is 11.1 Å². The van der Waals surface area contributed by atoms with Crippen molar-refractivity contribution in [2.45, 2.75) is 26.3 Å². The van der Waals surface area contributed by atoms with E-state index in [9.17, 15) is 9.59 Å². The fourth-order valence-corrected chi connectivity index (χ4v) is 2.45. The second-order valence-electron chi connectivity index (χ2n) is 5.76. The molecule has 7 nitrogen and oxygen atoms in total. The topological polar surface area (TPSA) is 89.6 Å². The molecular formula is C18H19N3O4. The highest BCUT2D eigenvalue weighted by molar-refractivity contribution is 5.93. The van der Waals surface area contributed by atoms with Crippen molar-refractivity contribution < 1.29 is 19.1 Å². The molecule has 0 aliphatic carbocycles. The standard InChI is InChI=1S/C18H19N3O4/c1-11-5-3-7-15(12(11)2)25-16-13(6-4-9-19-16)20-18(23)21-14-8-10-24-17(14)22/h3-7,9,14H,8,10H2,1-2H3,(H2,20,21,23)/t14-/m0/s1. The summed E-state index contributed by atoms with van der Waals surface area (Å²) in [5.74, 6) is 0.523. The van der Waals surface area contributed by atoms with Crippen molar-refractivity contribution in [2.24, 2.45) is 0 Å². The van der Waals surface area contributed by atoms with Crippen LogP contribution >= 0.6 is 0 Å². The Morgan fingerprint density at radius 2 is 2.12 bits per heavy atom. The SMILES string of the molecule is Cc1cccc(Oc2ncccc2NC(=O)N[C@H]2CCOC2=O)c1C. The number of amides is 2. The van der Waals surface area contributed by atoms with Crippen LogP contribution in [0.4, 0.5) is 10.5 Å². The first kappa shape index (κ1) is 16.8. The number of hydrogen-bond acceptors (Lipinski definition) is 5. The van der Waals surface area contributed by atoms with Gasteiger partial charge in [0.25, 0.3) is 0 Å². The van der Waals surface area contributed by atoms with Gasteiger partial charge in [-0.3, -0.25) is 0 Å². The molecular weight excluding hydrogens is 322 g/mol. The molecule has 130 valence electrons. The van der Waals surface area contributed by atoms with Crippen LogP contribution in [0.3, 0.4) is 0 Å². The van der Waals surface area contributed by atoms with Crippen LogP contribution < -0.4 is 15.4 Å². The zero-order valence-electron chi connectivity index (χ0n) is 14.0. The third-order valence-corrected chi connectivity index (χ3v) is 4.02. The van der Waals surface area contributed by atoms with Crippen LogP contribution in [0.5, 0.6) is 11.6 Å². The van der Waals surface area contributed by atoms with Gasteiger partial charge in [0.2, 0.25) is 5.88 Å².